The summed E-state index contributed by atoms with van der Waals surface area (Å²) in [6.07, 6.45) is 6.64. The minimum absolute atomic E-state index is 0.00997. The number of benzene rings is 3. The maximum Gasteiger partial charge on any atom is 0.181 e. The Morgan fingerprint density at radius 2 is 1.53 bits per heavy atom. The first-order chi connectivity index (χ1) is 14.8. The van der Waals surface area contributed by atoms with Crippen molar-refractivity contribution in [3.05, 3.63) is 114 Å². The predicted molar refractivity (Wildman–Crippen MR) is 119 cm³/mol. The number of rotatable bonds is 4. The molecule has 1 heterocycles. The Morgan fingerprint density at radius 3 is 2.33 bits per heavy atom. The third kappa shape index (κ3) is 3.48. The lowest BCUT2D eigenvalue weighted by molar-refractivity contribution is -0.118. The first-order valence-electron chi connectivity index (χ1n) is 10.1. The highest BCUT2D eigenvalue weighted by atomic mass is 16.1. The van der Waals surface area contributed by atoms with Crippen molar-refractivity contribution in [3.63, 3.8) is 0 Å². The molecule has 4 aromatic rings. The van der Waals surface area contributed by atoms with Crippen LogP contribution < -0.4 is 0 Å². The van der Waals surface area contributed by atoms with Gasteiger partial charge < -0.3 is 0 Å². The van der Waals surface area contributed by atoms with Gasteiger partial charge in [0.2, 0.25) is 0 Å². The van der Waals surface area contributed by atoms with Crippen LogP contribution in [-0.2, 0) is 4.79 Å². The van der Waals surface area contributed by atoms with E-state index in [4.69, 9.17) is 0 Å². The van der Waals surface area contributed by atoms with Crippen LogP contribution in [0.3, 0.4) is 0 Å². The Kier molecular flexibility index (Phi) is 4.81. The topological polar surface area (TPSA) is 47.8 Å². The van der Waals surface area contributed by atoms with Crippen LogP contribution in [-0.4, -0.2) is 20.8 Å². The first kappa shape index (κ1) is 18.3. The number of carbonyl (C=O) groups is 1. The van der Waals surface area contributed by atoms with Crippen LogP contribution in [0.15, 0.2) is 103 Å². The first-order valence-corrected chi connectivity index (χ1v) is 10.1. The normalized spacial score (nSPS) is 19.3. The van der Waals surface area contributed by atoms with E-state index < -0.39 is 6.04 Å². The minimum Gasteiger partial charge on any atom is -0.292 e. The Balaban J connectivity index is 1.56. The van der Waals surface area contributed by atoms with E-state index in [1.807, 2.05) is 60.7 Å². The third-order valence-corrected chi connectivity index (χ3v) is 5.61. The van der Waals surface area contributed by atoms with Gasteiger partial charge in [-0.25, -0.2) is 4.68 Å². The minimum atomic E-state index is -0.409. The molecule has 0 radical (unpaired) electrons. The zero-order valence-corrected chi connectivity index (χ0v) is 16.4. The molecule has 0 amide bonds. The summed E-state index contributed by atoms with van der Waals surface area (Å²) in [5.41, 5.74) is 4.96. The molecular weight excluding hydrogens is 370 g/mol. The summed E-state index contributed by atoms with van der Waals surface area (Å²) < 4.78 is 1.80. The second-order valence-corrected chi connectivity index (χ2v) is 7.55. The summed E-state index contributed by atoms with van der Waals surface area (Å²) in [5.74, 6) is 0.0442. The van der Waals surface area contributed by atoms with E-state index in [9.17, 15) is 4.79 Å². The quantitative estimate of drug-likeness (QED) is 0.470. The van der Waals surface area contributed by atoms with Crippen molar-refractivity contribution >= 4 is 22.9 Å². The number of ketones is 1. The van der Waals surface area contributed by atoms with Crippen molar-refractivity contribution in [2.75, 3.05) is 0 Å². The van der Waals surface area contributed by atoms with E-state index in [1.165, 1.54) is 0 Å². The summed E-state index contributed by atoms with van der Waals surface area (Å²) in [4.78, 5) is 13.3. The van der Waals surface area contributed by atoms with Gasteiger partial charge in [-0.15, -0.1) is 5.10 Å². The number of hydrogen-bond acceptors (Lipinski definition) is 3. The summed E-state index contributed by atoms with van der Waals surface area (Å²) >= 11 is 0. The molecule has 0 spiro atoms. The monoisotopic (exact) mass is 391 g/mol. The highest BCUT2D eigenvalue weighted by Crippen LogP contribution is 2.40. The van der Waals surface area contributed by atoms with Crippen LogP contribution in [0.1, 0.15) is 29.5 Å². The van der Waals surface area contributed by atoms with Crippen molar-refractivity contribution in [1.29, 1.82) is 0 Å². The molecule has 1 aliphatic rings. The number of nitrogens with zero attached hydrogens (tertiary/aromatic N) is 3. The SMILES string of the molecule is O=C1C=C(/C=C\c2ccccc2)C[C@H](c2ccccc2)[C@H]1n1nnc2ccccc21. The van der Waals surface area contributed by atoms with Gasteiger partial charge in [-0.1, -0.05) is 90.2 Å². The number of hydrogen-bond donors (Lipinski definition) is 0. The van der Waals surface area contributed by atoms with E-state index in [2.05, 4.69) is 46.7 Å². The van der Waals surface area contributed by atoms with Gasteiger partial charge in [0.1, 0.15) is 11.6 Å². The molecule has 4 nitrogen and oxygen atoms in total. The molecule has 30 heavy (non-hydrogen) atoms. The second kappa shape index (κ2) is 7.91. The van der Waals surface area contributed by atoms with Crippen LogP contribution in [0, 0.1) is 0 Å². The van der Waals surface area contributed by atoms with E-state index in [0.29, 0.717) is 0 Å². The van der Waals surface area contributed by atoms with Crippen molar-refractivity contribution in [2.24, 2.45) is 0 Å². The molecule has 0 bridgehead atoms. The number of carbonyl (C=O) groups excluding carboxylic acids is 1. The second-order valence-electron chi connectivity index (χ2n) is 7.55. The standard InChI is InChI=1S/C26H21N3O/c30-25-18-20(16-15-19-9-3-1-4-10-19)17-22(21-11-5-2-6-12-21)26(25)29-24-14-8-7-13-23(24)27-28-29/h1-16,18,22,26H,17H2/b16-15-/t22-,26-/m1/s1. The summed E-state index contributed by atoms with van der Waals surface area (Å²) in [6, 6.07) is 27.7. The van der Waals surface area contributed by atoms with Crippen LogP contribution in [0.4, 0.5) is 0 Å². The molecule has 0 N–H and O–H groups in total. The third-order valence-electron chi connectivity index (χ3n) is 5.61. The maximum atomic E-state index is 13.3. The number of allylic oxidation sites excluding steroid dienone is 3. The van der Waals surface area contributed by atoms with E-state index in [1.54, 1.807) is 10.8 Å². The smallest absolute Gasteiger partial charge is 0.181 e. The average molecular weight is 391 g/mol. The fraction of sp³-hybridized carbons (Fsp3) is 0.115. The van der Waals surface area contributed by atoms with Crippen molar-refractivity contribution in [2.45, 2.75) is 18.4 Å². The molecule has 0 saturated heterocycles. The zero-order chi connectivity index (χ0) is 20.3. The highest BCUT2D eigenvalue weighted by molar-refractivity contribution is 5.97. The lowest BCUT2D eigenvalue weighted by Gasteiger charge is -2.30. The molecule has 0 saturated carbocycles. The lowest BCUT2D eigenvalue weighted by atomic mass is 9.79. The molecule has 0 fully saturated rings. The summed E-state index contributed by atoms with van der Waals surface area (Å²) in [6.45, 7) is 0. The Bertz CT molecular complexity index is 1240. The fourth-order valence-corrected chi connectivity index (χ4v) is 4.16. The Labute approximate surface area is 175 Å². The van der Waals surface area contributed by atoms with Gasteiger partial charge in [-0.05, 0) is 41.3 Å². The van der Waals surface area contributed by atoms with Crippen molar-refractivity contribution in [1.82, 2.24) is 15.0 Å². The van der Waals surface area contributed by atoms with Crippen LogP contribution in [0.25, 0.3) is 17.1 Å². The molecule has 2 atom stereocenters. The molecule has 5 rings (SSSR count). The van der Waals surface area contributed by atoms with Crippen LogP contribution in [0.5, 0.6) is 0 Å². The molecule has 1 aromatic heterocycles. The van der Waals surface area contributed by atoms with Crippen LogP contribution in [0.2, 0.25) is 0 Å². The van der Waals surface area contributed by atoms with Gasteiger partial charge >= 0.3 is 0 Å². The summed E-state index contributed by atoms with van der Waals surface area (Å²) in [7, 11) is 0. The molecule has 1 aliphatic carbocycles. The Morgan fingerprint density at radius 1 is 0.833 bits per heavy atom. The van der Waals surface area contributed by atoms with Crippen molar-refractivity contribution in [3.8, 4) is 0 Å². The fourth-order valence-electron chi connectivity index (χ4n) is 4.16. The van der Waals surface area contributed by atoms with Gasteiger partial charge in [0.05, 0.1) is 5.52 Å². The largest absolute Gasteiger partial charge is 0.292 e. The predicted octanol–water partition coefficient (Wildman–Crippen LogP) is 5.37. The van der Waals surface area contributed by atoms with Gasteiger partial charge in [0.25, 0.3) is 0 Å². The Hall–Kier alpha value is -3.79. The summed E-state index contributed by atoms with van der Waals surface area (Å²) in [5, 5.41) is 8.64. The van der Waals surface area contributed by atoms with Gasteiger partial charge in [-0.3, -0.25) is 4.79 Å². The molecule has 146 valence electrons. The zero-order valence-electron chi connectivity index (χ0n) is 16.4. The van der Waals surface area contributed by atoms with E-state index in [-0.39, 0.29) is 11.7 Å². The average Bonchev–Trinajstić information content (AvgIpc) is 3.22. The van der Waals surface area contributed by atoms with Gasteiger partial charge in [0.15, 0.2) is 5.78 Å². The lowest BCUT2D eigenvalue weighted by Crippen LogP contribution is -2.29. The molecule has 3 aromatic carbocycles. The number of fused-ring (bicyclic) bond motifs is 1. The molecule has 4 heteroatoms. The molecule has 0 aliphatic heterocycles. The number of para-hydroxylation sites is 1. The van der Waals surface area contributed by atoms with Crippen LogP contribution >= 0.6 is 0 Å². The maximum absolute atomic E-state index is 13.3. The highest BCUT2D eigenvalue weighted by Gasteiger charge is 2.35. The van der Waals surface area contributed by atoms with E-state index >= 15 is 0 Å². The molecule has 0 unspecified atom stereocenters. The van der Waals surface area contributed by atoms with Gasteiger partial charge in [0, 0.05) is 5.92 Å². The van der Waals surface area contributed by atoms with E-state index in [0.717, 1.165) is 34.2 Å². The van der Waals surface area contributed by atoms with Crippen molar-refractivity contribution < 1.29 is 4.79 Å². The van der Waals surface area contributed by atoms with Gasteiger partial charge in [-0.2, -0.15) is 0 Å². The number of aromatic nitrogens is 3. The molecular formula is C26H21N3O.